The molecular formula is C19H24ClN5O2S. The fourth-order valence-corrected chi connectivity index (χ4v) is 5.67. The Hall–Kier alpha value is -1.90. The molecule has 0 spiro atoms. The third kappa shape index (κ3) is 3.81. The summed E-state index contributed by atoms with van der Waals surface area (Å²) in [5.41, 5.74) is 0. The third-order valence-electron chi connectivity index (χ3n) is 5.26. The second-order valence-electron chi connectivity index (χ2n) is 7.15. The van der Waals surface area contributed by atoms with E-state index in [0.717, 1.165) is 30.5 Å². The molecule has 0 radical (unpaired) electrons. The smallest absolute Gasteiger partial charge is 0.244 e. The molecule has 2 aromatic rings. The molecule has 0 N–H and O–H groups in total. The van der Waals surface area contributed by atoms with Crippen LogP contribution in [-0.2, 0) is 10.0 Å². The molecule has 2 aliphatic rings. The average molecular weight is 422 g/mol. The van der Waals surface area contributed by atoms with Crippen LogP contribution in [0.25, 0.3) is 0 Å². The van der Waals surface area contributed by atoms with Gasteiger partial charge in [0.15, 0.2) is 0 Å². The molecule has 0 amide bonds. The molecule has 2 saturated heterocycles. The number of piperazine rings is 1. The lowest BCUT2D eigenvalue weighted by Crippen LogP contribution is -2.49. The summed E-state index contributed by atoms with van der Waals surface area (Å²) in [6.45, 7) is 5.92. The number of anilines is 2. The van der Waals surface area contributed by atoms with Crippen molar-refractivity contribution in [3.8, 4) is 0 Å². The fraction of sp³-hybridized carbons (Fsp3) is 0.474. The molecule has 2 fully saturated rings. The van der Waals surface area contributed by atoms with Crippen molar-refractivity contribution >= 4 is 33.3 Å². The average Bonchev–Trinajstić information content (AvgIpc) is 3.23. The van der Waals surface area contributed by atoms with Crippen LogP contribution in [0.3, 0.4) is 0 Å². The van der Waals surface area contributed by atoms with Crippen molar-refractivity contribution in [1.82, 2.24) is 14.3 Å². The van der Waals surface area contributed by atoms with Gasteiger partial charge in [-0.15, -0.1) is 0 Å². The molecule has 2 aliphatic heterocycles. The maximum atomic E-state index is 12.9. The Bertz CT molecular complexity index is 955. The molecule has 1 aromatic heterocycles. The molecule has 0 atom stereocenters. The number of aromatic nitrogens is 2. The summed E-state index contributed by atoms with van der Waals surface area (Å²) >= 11 is 6.11. The van der Waals surface area contributed by atoms with Gasteiger partial charge in [-0.1, -0.05) is 23.7 Å². The van der Waals surface area contributed by atoms with Gasteiger partial charge in [0.1, 0.15) is 22.4 Å². The topological polar surface area (TPSA) is 69.6 Å². The van der Waals surface area contributed by atoms with Crippen LogP contribution >= 0.6 is 11.6 Å². The van der Waals surface area contributed by atoms with Crippen molar-refractivity contribution in [2.75, 3.05) is 49.1 Å². The van der Waals surface area contributed by atoms with E-state index < -0.39 is 10.0 Å². The minimum absolute atomic E-state index is 0.166. The Morgan fingerprint density at radius 3 is 2.07 bits per heavy atom. The van der Waals surface area contributed by atoms with Gasteiger partial charge in [-0.2, -0.15) is 4.31 Å². The molecule has 9 heteroatoms. The standard InChI is InChI=1S/C19H24ClN5O2S/c1-15-21-18(23-8-4-5-9-23)14-19(22-15)24-10-12-25(13-11-24)28(26,27)17-7-3-2-6-16(17)20/h2-3,6-7,14H,4-5,8-13H2,1H3. The zero-order valence-electron chi connectivity index (χ0n) is 15.9. The van der Waals surface area contributed by atoms with Gasteiger partial charge in [0.25, 0.3) is 0 Å². The number of nitrogens with zero attached hydrogens (tertiary/aromatic N) is 5. The first-order valence-electron chi connectivity index (χ1n) is 9.55. The Morgan fingerprint density at radius 2 is 1.46 bits per heavy atom. The molecule has 1 aromatic carbocycles. The molecule has 3 heterocycles. The Labute approximate surface area is 171 Å². The molecule has 150 valence electrons. The first kappa shape index (κ1) is 19.4. The lowest BCUT2D eigenvalue weighted by molar-refractivity contribution is 0.383. The Balaban J connectivity index is 1.49. The number of aryl methyl sites for hydroxylation is 1. The van der Waals surface area contributed by atoms with Crippen molar-refractivity contribution in [2.45, 2.75) is 24.7 Å². The van der Waals surface area contributed by atoms with Gasteiger partial charge in [0.05, 0.1) is 5.02 Å². The summed E-state index contributed by atoms with van der Waals surface area (Å²) in [4.78, 5) is 13.8. The highest BCUT2D eigenvalue weighted by Crippen LogP contribution is 2.27. The molecule has 0 unspecified atom stereocenters. The van der Waals surface area contributed by atoms with Crippen molar-refractivity contribution < 1.29 is 8.42 Å². The quantitative estimate of drug-likeness (QED) is 0.755. The Kier molecular flexibility index (Phi) is 5.44. The molecule has 0 bridgehead atoms. The molecular weight excluding hydrogens is 398 g/mol. The molecule has 7 nitrogen and oxygen atoms in total. The van der Waals surface area contributed by atoms with Gasteiger partial charge in [-0.05, 0) is 31.9 Å². The van der Waals surface area contributed by atoms with Crippen molar-refractivity contribution in [3.63, 3.8) is 0 Å². The third-order valence-corrected chi connectivity index (χ3v) is 7.66. The predicted octanol–water partition coefficient (Wildman–Crippen LogP) is 2.55. The van der Waals surface area contributed by atoms with E-state index >= 15 is 0 Å². The van der Waals surface area contributed by atoms with Crippen LogP contribution in [0.2, 0.25) is 5.02 Å². The van der Waals surface area contributed by atoms with Crippen molar-refractivity contribution in [1.29, 1.82) is 0 Å². The van der Waals surface area contributed by atoms with E-state index in [2.05, 4.69) is 19.8 Å². The van der Waals surface area contributed by atoms with Gasteiger partial charge in [-0.3, -0.25) is 0 Å². The van der Waals surface area contributed by atoms with E-state index in [-0.39, 0.29) is 9.92 Å². The fourth-order valence-electron chi connectivity index (χ4n) is 3.76. The maximum Gasteiger partial charge on any atom is 0.244 e. The monoisotopic (exact) mass is 421 g/mol. The summed E-state index contributed by atoms with van der Waals surface area (Å²) in [5.74, 6) is 2.57. The van der Waals surface area contributed by atoms with E-state index in [0.29, 0.717) is 26.2 Å². The van der Waals surface area contributed by atoms with Gasteiger partial charge < -0.3 is 9.80 Å². The lowest BCUT2D eigenvalue weighted by atomic mass is 10.3. The van der Waals surface area contributed by atoms with Gasteiger partial charge >= 0.3 is 0 Å². The van der Waals surface area contributed by atoms with Crippen LogP contribution in [0.15, 0.2) is 35.2 Å². The predicted molar refractivity (Wildman–Crippen MR) is 111 cm³/mol. The van der Waals surface area contributed by atoms with Crippen LogP contribution in [0.4, 0.5) is 11.6 Å². The highest BCUT2D eigenvalue weighted by Gasteiger charge is 2.30. The van der Waals surface area contributed by atoms with Crippen LogP contribution < -0.4 is 9.80 Å². The van der Waals surface area contributed by atoms with Crippen LogP contribution in [0.1, 0.15) is 18.7 Å². The van der Waals surface area contributed by atoms with E-state index in [9.17, 15) is 8.42 Å². The summed E-state index contributed by atoms with van der Waals surface area (Å²) in [6, 6.07) is 8.61. The van der Waals surface area contributed by atoms with E-state index in [1.54, 1.807) is 24.3 Å². The van der Waals surface area contributed by atoms with Gasteiger partial charge in [0.2, 0.25) is 10.0 Å². The van der Waals surface area contributed by atoms with Crippen LogP contribution in [0.5, 0.6) is 0 Å². The van der Waals surface area contributed by atoms with Gasteiger partial charge in [-0.25, -0.2) is 18.4 Å². The number of sulfonamides is 1. The lowest BCUT2D eigenvalue weighted by Gasteiger charge is -2.35. The minimum atomic E-state index is -3.59. The van der Waals surface area contributed by atoms with E-state index in [4.69, 9.17) is 11.6 Å². The number of rotatable bonds is 4. The highest BCUT2D eigenvalue weighted by atomic mass is 35.5. The molecule has 28 heavy (non-hydrogen) atoms. The highest BCUT2D eigenvalue weighted by molar-refractivity contribution is 7.89. The number of hydrogen-bond donors (Lipinski definition) is 0. The van der Waals surface area contributed by atoms with Crippen LogP contribution in [-0.4, -0.2) is 62.0 Å². The Morgan fingerprint density at radius 1 is 0.893 bits per heavy atom. The summed E-state index contributed by atoms with van der Waals surface area (Å²) in [5, 5.41) is 0.256. The van der Waals surface area contributed by atoms with E-state index in [1.807, 2.05) is 13.0 Å². The molecule has 0 saturated carbocycles. The first-order valence-corrected chi connectivity index (χ1v) is 11.4. The zero-order valence-corrected chi connectivity index (χ0v) is 17.5. The van der Waals surface area contributed by atoms with Crippen LogP contribution in [0, 0.1) is 6.92 Å². The summed E-state index contributed by atoms with van der Waals surface area (Å²) in [7, 11) is -3.59. The van der Waals surface area contributed by atoms with Gasteiger partial charge in [0, 0.05) is 45.3 Å². The number of hydrogen-bond acceptors (Lipinski definition) is 6. The SMILES string of the molecule is Cc1nc(N2CCCC2)cc(N2CCN(S(=O)(=O)c3ccccc3Cl)CC2)n1. The largest absolute Gasteiger partial charge is 0.356 e. The molecule has 4 rings (SSSR count). The normalized spacial score (nSPS) is 18.6. The van der Waals surface area contributed by atoms with Crippen molar-refractivity contribution in [2.24, 2.45) is 0 Å². The number of halogens is 1. The zero-order chi connectivity index (χ0) is 19.7. The van der Waals surface area contributed by atoms with E-state index in [1.165, 1.54) is 17.1 Å². The first-order chi connectivity index (χ1) is 13.4. The number of benzene rings is 1. The maximum absolute atomic E-state index is 12.9. The minimum Gasteiger partial charge on any atom is -0.356 e. The summed E-state index contributed by atoms with van der Waals surface area (Å²) < 4.78 is 27.3. The second-order valence-corrected chi connectivity index (χ2v) is 9.46. The summed E-state index contributed by atoms with van der Waals surface area (Å²) in [6.07, 6.45) is 2.38. The van der Waals surface area contributed by atoms with Crippen molar-refractivity contribution in [3.05, 3.63) is 41.2 Å². The molecule has 0 aliphatic carbocycles. The second kappa shape index (κ2) is 7.85.